The van der Waals surface area contributed by atoms with Crippen molar-refractivity contribution in [3.8, 4) is 0 Å². The van der Waals surface area contributed by atoms with Gasteiger partial charge in [-0.15, -0.1) is 0 Å². The number of aliphatic imine (C=N–C) groups is 1. The number of halogens is 1. The van der Waals surface area contributed by atoms with Crippen molar-refractivity contribution in [1.29, 1.82) is 0 Å². The lowest BCUT2D eigenvalue weighted by Crippen LogP contribution is -2.44. The summed E-state index contributed by atoms with van der Waals surface area (Å²) in [6, 6.07) is 4.24. The number of guanidine groups is 1. The third-order valence-electron chi connectivity index (χ3n) is 2.16. The van der Waals surface area contributed by atoms with E-state index in [1.165, 1.54) is 18.2 Å². The molecule has 6 nitrogen and oxygen atoms in total. The van der Waals surface area contributed by atoms with E-state index < -0.39 is 4.92 Å². The molecule has 0 radical (unpaired) electrons. The Bertz CT molecular complexity index is 509. The van der Waals surface area contributed by atoms with Crippen molar-refractivity contribution in [3.05, 3.63) is 38.9 Å². The second kappa shape index (κ2) is 5.88. The number of nitrogens with zero attached hydrogens (tertiary/aromatic N) is 2. The molecule has 0 heterocycles. The highest BCUT2D eigenvalue weighted by molar-refractivity contribution is 6.31. The van der Waals surface area contributed by atoms with Gasteiger partial charge in [0.2, 0.25) is 0 Å². The monoisotopic (exact) mass is 284 g/mol. The topological polar surface area (TPSA) is 93.5 Å². The van der Waals surface area contributed by atoms with Crippen LogP contribution >= 0.6 is 11.6 Å². The van der Waals surface area contributed by atoms with Gasteiger partial charge in [0.1, 0.15) is 0 Å². The largest absolute Gasteiger partial charge is 0.370 e. The first-order valence-corrected chi connectivity index (χ1v) is 6.08. The van der Waals surface area contributed by atoms with E-state index in [0.29, 0.717) is 10.6 Å². The number of nitro groups is 1. The quantitative estimate of drug-likeness (QED) is 0.386. The second-order valence-corrected chi connectivity index (χ2v) is 5.52. The van der Waals surface area contributed by atoms with Gasteiger partial charge in [-0.05, 0) is 32.4 Å². The maximum atomic E-state index is 10.7. The molecule has 1 aromatic rings. The minimum Gasteiger partial charge on any atom is -0.370 e. The predicted molar refractivity (Wildman–Crippen MR) is 76.3 cm³/mol. The molecule has 0 atom stereocenters. The summed E-state index contributed by atoms with van der Waals surface area (Å²) in [4.78, 5) is 14.3. The van der Waals surface area contributed by atoms with Gasteiger partial charge in [-0.2, -0.15) is 0 Å². The predicted octanol–water partition coefficient (Wildman–Crippen LogP) is 2.45. The van der Waals surface area contributed by atoms with Crippen LogP contribution in [0.1, 0.15) is 26.3 Å². The highest BCUT2D eigenvalue weighted by atomic mass is 35.5. The zero-order chi connectivity index (χ0) is 14.6. The van der Waals surface area contributed by atoms with Gasteiger partial charge in [0.15, 0.2) is 5.96 Å². The van der Waals surface area contributed by atoms with Crippen LogP contribution < -0.4 is 11.1 Å². The fourth-order valence-corrected chi connectivity index (χ4v) is 1.57. The van der Waals surface area contributed by atoms with Gasteiger partial charge in [-0.3, -0.25) is 10.1 Å². The van der Waals surface area contributed by atoms with Crippen LogP contribution in [0.3, 0.4) is 0 Å². The molecule has 104 valence electrons. The Morgan fingerprint density at radius 3 is 2.68 bits per heavy atom. The number of hydrogen-bond donors (Lipinski definition) is 2. The molecule has 0 saturated carbocycles. The summed E-state index contributed by atoms with van der Waals surface area (Å²) < 4.78 is 0. The van der Waals surface area contributed by atoms with E-state index in [9.17, 15) is 10.1 Å². The normalized spacial score (nSPS) is 12.3. The van der Waals surface area contributed by atoms with E-state index in [1.807, 2.05) is 20.8 Å². The van der Waals surface area contributed by atoms with Crippen molar-refractivity contribution in [3.63, 3.8) is 0 Å². The molecule has 0 aromatic heterocycles. The van der Waals surface area contributed by atoms with Crippen LogP contribution in [0.25, 0.3) is 0 Å². The van der Waals surface area contributed by atoms with E-state index in [1.54, 1.807) is 0 Å². The Kier molecular flexibility index (Phi) is 4.72. The lowest BCUT2D eigenvalue weighted by molar-refractivity contribution is -0.384. The van der Waals surface area contributed by atoms with Crippen molar-refractivity contribution in [2.45, 2.75) is 32.9 Å². The molecule has 0 aliphatic heterocycles. The van der Waals surface area contributed by atoms with Crippen LogP contribution in [-0.4, -0.2) is 16.4 Å². The maximum Gasteiger partial charge on any atom is 0.269 e. The molecule has 0 saturated heterocycles. The number of non-ortho nitro benzene ring substituents is 1. The molecular weight excluding hydrogens is 268 g/mol. The molecule has 0 unspecified atom stereocenters. The van der Waals surface area contributed by atoms with Crippen LogP contribution in [0.2, 0.25) is 5.02 Å². The van der Waals surface area contributed by atoms with Crippen LogP contribution in [0.15, 0.2) is 23.2 Å². The summed E-state index contributed by atoms with van der Waals surface area (Å²) in [5.74, 6) is 0.273. The number of benzene rings is 1. The minimum atomic E-state index is -0.472. The maximum absolute atomic E-state index is 10.7. The van der Waals surface area contributed by atoms with Crippen LogP contribution in [0.4, 0.5) is 5.69 Å². The average molecular weight is 285 g/mol. The smallest absolute Gasteiger partial charge is 0.269 e. The Morgan fingerprint density at radius 2 is 2.16 bits per heavy atom. The summed E-state index contributed by atoms with van der Waals surface area (Å²) in [5.41, 5.74) is 6.07. The fourth-order valence-electron chi connectivity index (χ4n) is 1.39. The molecule has 0 aliphatic rings. The Morgan fingerprint density at radius 1 is 1.53 bits per heavy atom. The van der Waals surface area contributed by atoms with Crippen LogP contribution in [0, 0.1) is 10.1 Å². The van der Waals surface area contributed by atoms with E-state index in [4.69, 9.17) is 17.3 Å². The molecule has 1 rings (SSSR count). The molecular formula is C12H17ClN4O2. The van der Waals surface area contributed by atoms with Crippen molar-refractivity contribution in [2.24, 2.45) is 10.7 Å². The highest BCUT2D eigenvalue weighted by Crippen LogP contribution is 2.22. The van der Waals surface area contributed by atoms with Crippen molar-refractivity contribution in [1.82, 2.24) is 5.32 Å². The molecule has 0 spiro atoms. The number of rotatable bonds is 3. The SMILES string of the molecule is CC(C)(C)NC(N)=NCc1cc([N+](=O)[O-])ccc1Cl. The van der Waals surface area contributed by atoms with Crippen molar-refractivity contribution >= 4 is 23.2 Å². The summed E-state index contributed by atoms with van der Waals surface area (Å²) in [6.07, 6.45) is 0. The number of nitrogens with two attached hydrogens (primary N) is 1. The van der Waals surface area contributed by atoms with E-state index >= 15 is 0 Å². The first kappa shape index (κ1) is 15.2. The molecule has 3 N–H and O–H groups in total. The number of nitro benzene ring substituents is 1. The van der Waals surface area contributed by atoms with Gasteiger partial charge < -0.3 is 11.1 Å². The lowest BCUT2D eigenvalue weighted by atomic mass is 10.1. The van der Waals surface area contributed by atoms with Gasteiger partial charge in [0.25, 0.3) is 5.69 Å². The van der Waals surface area contributed by atoms with Crippen LogP contribution in [-0.2, 0) is 6.54 Å². The zero-order valence-corrected chi connectivity index (χ0v) is 11.9. The Labute approximate surface area is 116 Å². The van der Waals surface area contributed by atoms with Gasteiger partial charge in [0, 0.05) is 22.7 Å². The Hall–Kier alpha value is -1.82. The third-order valence-corrected chi connectivity index (χ3v) is 2.53. The molecule has 0 fully saturated rings. The van der Waals surface area contributed by atoms with Crippen molar-refractivity contribution < 1.29 is 4.92 Å². The van der Waals surface area contributed by atoms with E-state index in [0.717, 1.165) is 0 Å². The van der Waals surface area contributed by atoms with E-state index in [2.05, 4.69) is 10.3 Å². The minimum absolute atomic E-state index is 0.0167. The highest BCUT2D eigenvalue weighted by Gasteiger charge is 2.11. The fraction of sp³-hybridized carbons (Fsp3) is 0.417. The summed E-state index contributed by atoms with van der Waals surface area (Å²) in [6.45, 7) is 6.05. The molecule has 0 aliphatic carbocycles. The van der Waals surface area contributed by atoms with Gasteiger partial charge >= 0.3 is 0 Å². The molecule has 0 bridgehead atoms. The average Bonchev–Trinajstić information content (AvgIpc) is 2.25. The zero-order valence-electron chi connectivity index (χ0n) is 11.1. The van der Waals surface area contributed by atoms with E-state index in [-0.39, 0.29) is 23.7 Å². The summed E-state index contributed by atoms with van der Waals surface area (Å²) >= 11 is 5.96. The van der Waals surface area contributed by atoms with Crippen LogP contribution in [0.5, 0.6) is 0 Å². The number of nitrogens with one attached hydrogen (secondary N) is 1. The first-order chi connectivity index (χ1) is 8.69. The molecule has 19 heavy (non-hydrogen) atoms. The Balaban J connectivity index is 2.85. The second-order valence-electron chi connectivity index (χ2n) is 5.11. The van der Waals surface area contributed by atoms with Crippen molar-refractivity contribution in [2.75, 3.05) is 0 Å². The van der Waals surface area contributed by atoms with Gasteiger partial charge in [-0.25, -0.2) is 4.99 Å². The molecule has 1 aromatic carbocycles. The third kappa shape index (κ3) is 5.13. The lowest BCUT2D eigenvalue weighted by Gasteiger charge is -2.21. The summed E-state index contributed by atoms with van der Waals surface area (Å²) in [7, 11) is 0. The summed E-state index contributed by atoms with van der Waals surface area (Å²) in [5, 5.41) is 14.1. The van der Waals surface area contributed by atoms with Gasteiger partial charge in [-0.1, -0.05) is 11.6 Å². The first-order valence-electron chi connectivity index (χ1n) is 5.70. The van der Waals surface area contributed by atoms with Gasteiger partial charge in [0.05, 0.1) is 11.5 Å². The molecule has 0 amide bonds. The molecule has 7 heteroatoms. The standard InChI is InChI=1S/C12H17ClN4O2/c1-12(2,3)16-11(14)15-7-8-6-9(17(18)19)4-5-10(8)13/h4-6H,7H2,1-3H3,(H3,14,15,16). The number of hydrogen-bond acceptors (Lipinski definition) is 3.